The summed E-state index contributed by atoms with van der Waals surface area (Å²) >= 11 is 0. The second-order valence-electron chi connectivity index (χ2n) is 2.74. The number of ether oxygens (including phenoxy) is 1. The van der Waals surface area contributed by atoms with Gasteiger partial charge in [0.05, 0.1) is 0 Å². The lowest BCUT2D eigenvalue weighted by atomic mass is 9.85. The van der Waals surface area contributed by atoms with E-state index in [1.807, 2.05) is 18.2 Å². The molecule has 1 aromatic carbocycles. The van der Waals surface area contributed by atoms with Crippen LogP contribution in [0.2, 0.25) is 0 Å². The number of carbonyl (C=O) groups excluding carboxylic acids is 1. The molecule has 0 saturated heterocycles. The molecule has 1 aromatic rings. The molecule has 1 N–H and O–H groups in total. The first-order valence-electron chi connectivity index (χ1n) is 4.24. The van der Waals surface area contributed by atoms with Gasteiger partial charge in [0.15, 0.2) is 0 Å². The SMILES string of the molecule is C=CC(=O)OCc1ccccc1BO. The molecule has 14 heavy (non-hydrogen) atoms. The molecule has 0 radical (unpaired) electrons. The normalized spacial score (nSPS) is 9.21. The van der Waals surface area contributed by atoms with Gasteiger partial charge in [0.2, 0.25) is 0 Å². The van der Waals surface area contributed by atoms with Crippen molar-refractivity contribution < 1.29 is 14.6 Å². The van der Waals surface area contributed by atoms with Crippen LogP contribution in [0.5, 0.6) is 0 Å². The van der Waals surface area contributed by atoms with Gasteiger partial charge in [-0.25, -0.2) is 4.79 Å². The third kappa shape index (κ3) is 2.74. The first kappa shape index (κ1) is 10.5. The molecule has 0 bridgehead atoms. The maximum absolute atomic E-state index is 10.8. The molecule has 0 fully saturated rings. The molecule has 72 valence electrons. The first-order valence-corrected chi connectivity index (χ1v) is 4.24. The fraction of sp³-hybridized carbons (Fsp3) is 0.100. The Balaban J connectivity index is 2.66. The average Bonchev–Trinajstić information content (AvgIpc) is 2.26. The summed E-state index contributed by atoms with van der Waals surface area (Å²) in [5.41, 5.74) is 1.58. The van der Waals surface area contributed by atoms with Crippen molar-refractivity contribution in [1.82, 2.24) is 0 Å². The number of hydrogen-bond acceptors (Lipinski definition) is 3. The zero-order chi connectivity index (χ0) is 10.4. The van der Waals surface area contributed by atoms with Gasteiger partial charge in [-0.15, -0.1) is 0 Å². The molecule has 0 aromatic heterocycles. The van der Waals surface area contributed by atoms with E-state index in [0.717, 1.165) is 17.1 Å². The molecule has 0 amide bonds. The predicted octanol–water partition coefficient (Wildman–Crippen LogP) is -0.115. The van der Waals surface area contributed by atoms with Gasteiger partial charge in [-0.05, 0) is 11.0 Å². The van der Waals surface area contributed by atoms with Gasteiger partial charge in [-0.2, -0.15) is 0 Å². The van der Waals surface area contributed by atoms with E-state index in [9.17, 15) is 4.79 Å². The van der Waals surface area contributed by atoms with Crippen molar-refractivity contribution in [2.75, 3.05) is 0 Å². The van der Waals surface area contributed by atoms with Gasteiger partial charge >= 0.3 is 13.5 Å². The fourth-order valence-electron chi connectivity index (χ4n) is 1.06. The van der Waals surface area contributed by atoms with Crippen LogP contribution in [0.1, 0.15) is 5.56 Å². The average molecular weight is 190 g/mol. The van der Waals surface area contributed by atoms with E-state index in [4.69, 9.17) is 9.76 Å². The van der Waals surface area contributed by atoms with Crippen LogP contribution in [0, 0.1) is 0 Å². The largest absolute Gasteiger partial charge is 0.458 e. The quantitative estimate of drug-likeness (QED) is 0.409. The Bertz CT molecular complexity index is 336. The van der Waals surface area contributed by atoms with Gasteiger partial charge in [-0.1, -0.05) is 30.8 Å². The second-order valence-corrected chi connectivity index (χ2v) is 2.74. The minimum atomic E-state index is -0.460. The van der Waals surface area contributed by atoms with Crippen molar-refractivity contribution in [3.63, 3.8) is 0 Å². The standard InChI is InChI=1S/C10H11BO3/c1-2-10(12)14-7-8-5-3-4-6-9(8)11-13/h2-6,11,13H,1,7H2. The Labute approximate surface area is 83.3 Å². The second kappa shape index (κ2) is 5.24. The predicted molar refractivity (Wildman–Crippen MR) is 55.4 cm³/mol. The lowest BCUT2D eigenvalue weighted by Crippen LogP contribution is -2.19. The number of hydrogen-bond donors (Lipinski definition) is 1. The highest BCUT2D eigenvalue weighted by atomic mass is 16.5. The van der Waals surface area contributed by atoms with E-state index < -0.39 is 5.97 Å². The number of benzene rings is 1. The highest BCUT2D eigenvalue weighted by Crippen LogP contribution is 1.98. The summed E-state index contributed by atoms with van der Waals surface area (Å²) in [6.45, 7) is 3.46. The van der Waals surface area contributed by atoms with Crippen LogP contribution < -0.4 is 5.46 Å². The van der Waals surface area contributed by atoms with Gasteiger partial charge in [0.1, 0.15) is 6.61 Å². The minimum absolute atomic E-state index is 0.0538. The van der Waals surface area contributed by atoms with E-state index in [2.05, 4.69) is 6.58 Å². The number of carbonyl (C=O) groups is 1. The van der Waals surface area contributed by atoms with E-state index in [-0.39, 0.29) is 14.1 Å². The van der Waals surface area contributed by atoms with E-state index in [0.29, 0.717) is 0 Å². The molecular formula is C10H11BO3. The van der Waals surface area contributed by atoms with E-state index in [1.165, 1.54) is 0 Å². The van der Waals surface area contributed by atoms with Gasteiger partial charge in [0, 0.05) is 6.08 Å². The van der Waals surface area contributed by atoms with Crippen molar-refractivity contribution in [3.05, 3.63) is 42.5 Å². The molecule has 0 aliphatic carbocycles. The Morgan fingerprint density at radius 1 is 1.57 bits per heavy atom. The van der Waals surface area contributed by atoms with Crippen LogP contribution in [-0.4, -0.2) is 18.5 Å². The summed E-state index contributed by atoms with van der Waals surface area (Å²) in [5.74, 6) is -0.460. The molecule has 0 aliphatic rings. The molecule has 0 spiro atoms. The monoisotopic (exact) mass is 190 g/mol. The molecule has 1 rings (SSSR count). The van der Waals surface area contributed by atoms with Gasteiger partial charge in [0.25, 0.3) is 0 Å². The zero-order valence-electron chi connectivity index (χ0n) is 7.77. The minimum Gasteiger partial charge on any atom is -0.458 e. The number of rotatable bonds is 4. The van der Waals surface area contributed by atoms with Crippen LogP contribution in [0.3, 0.4) is 0 Å². The molecular weight excluding hydrogens is 179 g/mol. The van der Waals surface area contributed by atoms with Crippen molar-refractivity contribution in [1.29, 1.82) is 0 Å². The summed E-state index contributed by atoms with van der Waals surface area (Å²) in [7, 11) is -0.0538. The smallest absolute Gasteiger partial charge is 0.330 e. The van der Waals surface area contributed by atoms with Crippen LogP contribution >= 0.6 is 0 Å². The Hall–Kier alpha value is -1.55. The van der Waals surface area contributed by atoms with Gasteiger partial charge < -0.3 is 9.76 Å². The van der Waals surface area contributed by atoms with Gasteiger partial charge in [-0.3, -0.25) is 0 Å². The lowest BCUT2D eigenvalue weighted by molar-refractivity contribution is -0.138. The van der Waals surface area contributed by atoms with Crippen LogP contribution in [0.4, 0.5) is 0 Å². The Kier molecular flexibility index (Phi) is 3.94. The molecule has 4 heteroatoms. The lowest BCUT2D eigenvalue weighted by Gasteiger charge is -2.05. The third-order valence-electron chi connectivity index (χ3n) is 1.83. The molecule has 0 unspecified atom stereocenters. The zero-order valence-corrected chi connectivity index (χ0v) is 7.77. The summed E-state index contributed by atoms with van der Waals surface area (Å²) in [5, 5.41) is 8.98. The maximum Gasteiger partial charge on any atom is 0.330 e. The third-order valence-corrected chi connectivity index (χ3v) is 1.83. The molecule has 3 nitrogen and oxygen atoms in total. The van der Waals surface area contributed by atoms with Crippen molar-refractivity contribution in [2.24, 2.45) is 0 Å². The molecule has 0 heterocycles. The fourth-order valence-corrected chi connectivity index (χ4v) is 1.06. The highest BCUT2D eigenvalue weighted by Gasteiger charge is 2.03. The van der Waals surface area contributed by atoms with E-state index >= 15 is 0 Å². The topological polar surface area (TPSA) is 46.5 Å². The van der Waals surface area contributed by atoms with Crippen molar-refractivity contribution in [3.8, 4) is 0 Å². The molecule has 0 atom stereocenters. The maximum atomic E-state index is 10.8. The van der Waals surface area contributed by atoms with Crippen molar-refractivity contribution >= 4 is 18.9 Å². The number of esters is 1. The Morgan fingerprint density at radius 3 is 2.93 bits per heavy atom. The van der Waals surface area contributed by atoms with Crippen molar-refractivity contribution in [2.45, 2.75) is 6.61 Å². The summed E-state index contributed by atoms with van der Waals surface area (Å²) in [4.78, 5) is 10.8. The summed E-state index contributed by atoms with van der Waals surface area (Å²) in [6, 6.07) is 7.25. The van der Waals surface area contributed by atoms with E-state index in [1.54, 1.807) is 6.07 Å². The van der Waals surface area contributed by atoms with Crippen LogP contribution in [0.25, 0.3) is 0 Å². The summed E-state index contributed by atoms with van der Waals surface area (Å²) in [6.07, 6.45) is 1.11. The summed E-state index contributed by atoms with van der Waals surface area (Å²) < 4.78 is 4.85. The Morgan fingerprint density at radius 2 is 2.29 bits per heavy atom. The van der Waals surface area contributed by atoms with Crippen LogP contribution in [0.15, 0.2) is 36.9 Å². The first-order chi connectivity index (χ1) is 6.77. The highest BCUT2D eigenvalue weighted by molar-refractivity contribution is 6.46. The molecule has 0 aliphatic heterocycles. The van der Waals surface area contributed by atoms with Crippen LogP contribution in [-0.2, 0) is 16.1 Å². The molecule has 0 saturated carbocycles.